The molecular formula is C11H15BrO3. The van der Waals surface area contributed by atoms with Crippen molar-refractivity contribution in [3.05, 3.63) is 21.7 Å². The summed E-state index contributed by atoms with van der Waals surface area (Å²) < 4.78 is 5.86. The average molecular weight is 275 g/mol. The molecule has 0 atom stereocenters. The Labute approximate surface area is 97.8 Å². The van der Waals surface area contributed by atoms with Gasteiger partial charge in [0.15, 0.2) is 0 Å². The highest BCUT2D eigenvalue weighted by Gasteiger charge is 2.24. The van der Waals surface area contributed by atoms with Gasteiger partial charge in [-0.1, -0.05) is 0 Å². The topological polar surface area (TPSA) is 49.7 Å². The highest BCUT2D eigenvalue weighted by atomic mass is 79.9. The second-order valence-corrected chi connectivity index (χ2v) is 4.83. The molecule has 0 saturated heterocycles. The highest BCUT2D eigenvalue weighted by molar-refractivity contribution is 9.10. The molecule has 0 spiro atoms. The van der Waals surface area contributed by atoms with Gasteiger partial charge in [0.05, 0.1) is 17.2 Å². The van der Waals surface area contributed by atoms with Crippen molar-refractivity contribution in [2.45, 2.75) is 26.4 Å². The molecule has 15 heavy (non-hydrogen) atoms. The maximum Gasteiger partial charge on any atom is 0.139 e. The number of hydrogen-bond donors (Lipinski definition) is 2. The lowest BCUT2D eigenvalue weighted by Crippen LogP contribution is -2.16. The number of hydrogen-bond acceptors (Lipinski definition) is 3. The molecule has 0 aliphatic carbocycles. The van der Waals surface area contributed by atoms with E-state index in [9.17, 15) is 10.2 Å². The molecular weight excluding hydrogens is 260 g/mol. The van der Waals surface area contributed by atoms with Crippen LogP contribution in [0.25, 0.3) is 0 Å². The van der Waals surface area contributed by atoms with Crippen molar-refractivity contribution in [2.75, 3.05) is 7.11 Å². The summed E-state index contributed by atoms with van der Waals surface area (Å²) in [5.74, 6) is 0.656. The van der Waals surface area contributed by atoms with E-state index in [-0.39, 0.29) is 5.75 Å². The number of aliphatic hydroxyl groups is 1. The number of halogens is 1. The van der Waals surface area contributed by atoms with E-state index in [0.717, 1.165) is 4.47 Å². The molecule has 1 aromatic rings. The van der Waals surface area contributed by atoms with Crippen LogP contribution < -0.4 is 4.74 Å². The number of benzene rings is 1. The molecule has 0 unspecified atom stereocenters. The molecule has 0 bridgehead atoms. The first-order chi connectivity index (χ1) is 6.79. The minimum atomic E-state index is -1.08. The Morgan fingerprint density at radius 3 is 2.33 bits per heavy atom. The number of aromatic hydroxyl groups is 1. The van der Waals surface area contributed by atoms with Gasteiger partial charge in [0.1, 0.15) is 11.5 Å². The number of rotatable bonds is 2. The van der Waals surface area contributed by atoms with Gasteiger partial charge in [-0.15, -0.1) is 0 Å². The molecule has 0 amide bonds. The largest absolute Gasteiger partial charge is 0.507 e. The Bertz CT molecular complexity index is 380. The van der Waals surface area contributed by atoms with Crippen molar-refractivity contribution in [2.24, 2.45) is 0 Å². The molecule has 4 heteroatoms. The molecule has 0 aliphatic heterocycles. The average Bonchev–Trinajstić information content (AvgIpc) is 2.10. The van der Waals surface area contributed by atoms with Crippen LogP contribution >= 0.6 is 15.9 Å². The van der Waals surface area contributed by atoms with Crippen molar-refractivity contribution in [3.8, 4) is 11.5 Å². The van der Waals surface area contributed by atoms with Gasteiger partial charge in [0.2, 0.25) is 0 Å². The Hall–Kier alpha value is -0.740. The van der Waals surface area contributed by atoms with Crippen LogP contribution in [-0.4, -0.2) is 17.3 Å². The SMILES string of the molecule is COc1c(Br)cc(C(C)(C)O)c(O)c1C. The monoisotopic (exact) mass is 274 g/mol. The van der Waals surface area contributed by atoms with Crippen LogP contribution in [-0.2, 0) is 5.60 Å². The zero-order valence-corrected chi connectivity index (χ0v) is 10.8. The summed E-state index contributed by atoms with van der Waals surface area (Å²) >= 11 is 3.34. The molecule has 0 saturated carbocycles. The molecule has 1 aromatic carbocycles. The molecule has 0 radical (unpaired) electrons. The first-order valence-electron chi connectivity index (χ1n) is 4.58. The molecule has 0 heterocycles. The molecule has 84 valence electrons. The van der Waals surface area contributed by atoms with Gasteiger partial charge in [0.25, 0.3) is 0 Å². The number of ether oxygens (including phenoxy) is 1. The zero-order valence-electron chi connectivity index (χ0n) is 9.26. The Morgan fingerprint density at radius 1 is 1.40 bits per heavy atom. The summed E-state index contributed by atoms with van der Waals surface area (Å²) in [5, 5.41) is 19.8. The fourth-order valence-electron chi connectivity index (χ4n) is 1.47. The van der Waals surface area contributed by atoms with Crippen LogP contribution in [0.1, 0.15) is 25.0 Å². The third-order valence-electron chi connectivity index (χ3n) is 2.30. The molecule has 0 aromatic heterocycles. The van der Waals surface area contributed by atoms with Gasteiger partial charge in [0, 0.05) is 11.1 Å². The van der Waals surface area contributed by atoms with Gasteiger partial charge in [-0.3, -0.25) is 0 Å². The molecule has 3 nitrogen and oxygen atoms in total. The third kappa shape index (κ3) is 2.26. The third-order valence-corrected chi connectivity index (χ3v) is 2.89. The van der Waals surface area contributed by atoms with Crippen molar-refractivity contribution >= 4 is 15.9 Å². The summed E-state index contributed by atoms with van der Waals surface area (Å²) in [6.07, 6.45) is 0. The standard InChI is InChI=1S/C11H15BrO3/c1-6-9(13)7(11(2,3)14)5-8(12)10(6)15-4/h5,13-14H,1-4H3. The van der Waals surface area contributed by atoms with Gasteiger partial charge < -0.3 is 14.9 Å². The highest BCUT2D eigenvalue weighted by Crippen LogP contribution is 2.41. The summed E-state index contributed by atoms with van der Waals surface area (Å²) in [6, 6.07) is 1.67. The van der Waals surface area contributed by atoms with E-state index in [4.69, 9.17) is 4.74 Å². The quantitative estimate of drug-likeness (QED) is 0.872. The minimum Gasteiger partial charge on any atom is -0.507 e. The first kappa shape index (κ1) is 12.3. The van der Waals surface area contributed by atoms with E-state index in [1.807, 2.05) is 0 Å². The normalized spacial score (nSPS) is 11.6. The van der Waals surface area contributed by atoms with Crippen LogP contribution in [0, 0.1) is 6.92 Å². The number of methoxy groups -OCH3 is 1. The van der Waals surface area contributed by atoms with Crippen LogP contribution in [0.3, 0.4) is 0 Å². The van der Waals surface area contributed by atoms with Gasteiger partial charge in [-0.2, -0.15) is 0 Å². The van der Waals surface area contributed by atoms with E-state index in [1.54, 1.807) is 26.8 Å². The summed E-state index contributed by atoms with van der Waals surface area (Å²) in [7, 11) is 1.54. The van der Waals surface area contributed by atoms with Crippen molar-refractivity contribution < 1.29 is 14.9 Å². The fraction of sp³-hybridized carbons (Fsp3) is 0.455. The van der Waals surface area contributed by atoms with E-state index < -0.39 is 5.60 Å². The fourth-order valence-corrected chi connectivity index (χ4v) is 2.15. The minimum absolute atomic E-state index is 0.0718. The van der Waals surface area contributed by atoms with E-state index in [0.29, 0.717) is 16.9 Å². The predicted molar refractivity (Wildman–Crippen MR) is 62.3 cm³/mol. The maximum atomic E-state index is 9.91. The summed E-state index contributed by atoms with van der Waals surface area (Å²) in [6.45, 7) is 5.00. The van der Waals surface area contributed by atoms with Crippen LogP contribution in [0.15, 0.2) is 10.5 Å². The Kier molecular flexibility index (Phi) is 3.31. The second kappa shape index (κ2) is 4.02. The number of phenolic OH excluding ortho intramolecular Hbond substituents is 1. The smallest absolute Gasteiger partial charge is 0.139 e. The second-order valence-electron chi connectivity index (χ2n) is 3.97. The Balaban J connectivity index is 3.48. The van der Waals surface area contributed by atoms with Crippen LogP contribution in [0.2, 0.25) is 0 Å². The molecule has 0 aliphatic rings. The van der Waals surface area contributed by atoms with E-state index in [2.05, 4.69) is 15.9 Å². The molecule has 0 fully saturated rings. The van der Waals surface area contributed by atoms with Crippen LogP contribution in [0.5, 0.6) is 11.5 Å². The number of phenols is 1. The van der Waals surface area contributed by atoms with Gasteiger partial charge in [-0.05, 0) is 42.8 Å². The lowest BCUT2D eigenvalue weighted by molar-refractivity contribution is 0.0755. The zero-order chi connectivity index (χ0) is 11.8. The summed E-state index contributed by atoms with van der Waals surface area (Å²) in [4.78, 5) is 0. The van der Waals surface area contributed by atoms with E-state index >= 15 is 0 Å². The van der Waals surface area contributed by atoms with Gasteiger partial charge >= 0.3 is 0 Å². The van der Waals surface area contributed by atoms with Crippen molar-refractivity contribution in [1.29, 1.82) is 0 Å². The maximum absolute atomic E-state index is 9.91. The lowest BCUT2D eigenvalue weighted by Gasteiger charge is -2.22. The van der Waals surface area contributed by atoms with Gasteiger partial charge in [-0.25, -0.2) is 0 Å². The predicted octanol–water partition coefficient (Wildman–Crippen LogP) is 2.70. The molecule has 1 rings (SSSR count). The van der Waals surface area contributed by atoms with E-state index in [1.165, 1.54) is 7.11 Å². The molecule has 2 N–H and O–H groups in total. The Morgan fingerprint density at radius 2 is 1.93 bits per heavy atom. The first-order valence-corrected chi connectivity index (χ1v) is 5.37. The van der Waals surface area contributed by atoms with Crippen molar-refractivity contribution in [3.63, 3.8) is 0 Å². The lowest BCUT2D eigenvalue weighted by atomic mass is 9.95. The van der Waals surface area contributed by atoms with Crippen LogP contribution in [0.4, 0.5) is 0 Å². The summed E-state index contributed by atoms with van der Waals surface area (Å²) in [5.41, 5.74) is 0.0144. The van der Waals surface area contributed by atoms with Crippen molar-refractivity contribution in [1.82, 2.24) is 0 Å².